The molecule has 0 bridgehead atoms. The number of nitrogens with zero attached hydrogens (tertiary/aromatic N) is 2. The lowest BCUT2D eigenvalue weighted by atomic mass is 10.1. The molecule has 27 heavy (non-hydrogen) atoms. The predicted octanol–water partition coefficient (Wildman–Crippen LogP) is 0.836. The standard InChI is InChI=1S/C18H27N3O5S/c1-4-20(27(3,24)25)10-6-9-19-18(23)14-11-17(22)21(13-14)15-7-5-8-16(12-15)26-2/h5,7-8,12,14H,4,6,9-11,13H2,1-3H3,(H,19,23)/t14-/m1/s1. The van der Waals surface area contributed by atoms with Crippen molar-refractivity contribution in [2.45, 2.75) is 19.8 Å². The molecule has 2 amide bonds. The average molecular weight is 397 g/mol. The van der Waals surface area contributed by atoms with Crippen LogP contribution in [0.2, 0.25) is 0 Å². The van der Waals surface area contributed by atoms with Gasteiger partial charge in [-0.05, 0) is 18.6 Å². The number of ether oxygens (including phenoxy) is 1. The highest BCUT2D eigenvalue weighted by Gasteiger charge is 2.35. The van der Waals surface area contributed by atoms with E-state index in [9.17, 15) is 18.0 Å². The van der Waals surface area contributed by atoms with Crippen LogP contribution in [-0.4, -0.2) is 64.1 Å². The van der Waals surface area contributed by atoms with Gasteiger partial charge in [-0.25, -0.2) is 12.7 Å². The third-order valence-corrected chi connectivity index (χ3v) is 5.94. The zero-order valence-corrected chi connectivity index (χ0v) is 16.8. The highest BCUT2D eigenvalue weighted by Crippen LogP contribution is 2.27. The minimum Gasteiger partial charge on any atom is -0.497 e. The molecule has 150 valence electrons. The maximum Gasteiger partial charge on any atom is 0.227 e. The number of anilines is 1. The third-order valence-electron chi connectivity index (χ3n) is 4.57. The van der Waals surface area contributed by atoms with E-state index in [-0.39, 0.29) is 18.2 Å². The van der Waals surface area contributed by atoms with Crippen molar-refractivity contribution in [1.82, 2.24) is 9.62 Å². The number of methoxy groups -OCH3 is 1. The number of carbonyl (C=O) groups is 2. The summed E-state index contributed by atoms with van der Waals surface area (Å²) < 4.78 is 29.6. The quantitative estimate of drug-likeness (QED) is 0.623. The summed E-state index contributed by atoms with van der Waals surface area (Å²) in [4.78, 5) is 26.2. The summed E-state index contributed by atoms with van der Waals surface area (Å²) >= 11 is 0. The Balaban J connectivity index is 1.85. The summed E-state index contributed by atoms with van der Waals surface area (Å²) in [6.07, 6.45) is 1.85. The van der Waals surface area contributed by atoms with E-state index in [1.54, 1.807) is 37.1 Å². The lowest BCUT2D eigenvalue weighted by molar-refractivity contribution is -0.126. The van der Waals surface area contributed by atoms with Gasteiger partial charge in [-0.3, -0.25) is 9.59 Å². The third kappa shape index (κ3) is 5.67. The van der Waals surface area contributed by atoms with E-state index < -0.39 is 15.9 Å². The van der Waals surface area contributed by atoms with Gasteiger partial charge in [0.2, 0.25) is 21.8 Å². The normalized spacial score (nSPS) is 17.4. The maximum atomic E-state index is 12.4. The summed E-state index contributed by atoms with van der Waals surface area (Å²) in [5.41, 5.74) is 0.710. The Morgan fingerprint density at radius 3 is 2.78 bits per heavy atom. The van der Waals surface area contributed by atoms with Crippen LogP contribution in [0.3, 0.4) is 0 Å². The number of amides is 2. The molecule has 9 heteroatoms. The van der Waals surface area contributed by atoms with Crippen molar-refractivity contribution in [3.05, 3.63) is 24.3 Å². The Bertz CT molecular complexity index is 781. The van der Waals surface area contributed by atoms with Crippen LogP contribution in [0.5, 0.6) is 5.75 Å². The Morgan fingerprint density at radius 1 is 1.41 bits per heavy atom. The van der Waals surface area contributed by atoms with Gasteiger partial charge in [-0.1, -0.05) is 13.0 Å². The average Bonchev–Trinajstić information content (AvgIpc) is 3.02. The van der Waals surface area contributed by atoms with E-state index in [0.717, 1.165) is 0 Å². The number of carbonyl (C=O) groups excluding carboxylic acids is 2. The number of sulfonamides is 1. The summed E-state index contributed by atoms with van der Waals surface area (Å²) in [5, 5.41) is 2.81. The van der Waals surface area contributed by atoms with E-state index in [1.807, 2.05) is 6.07 Å². The van der Waals surface area contributed by atoms with Gasteiger partial charge in [0, 0.05) is 44.4 Å². The second-order valence-electron chi connectivity index (χ2n) is 6.51. The first-order valence-corrected chi connectivity index (χ1v) is 10.8. The molecule has 0 unspecified atom stereocenters. The highest BCUT2D eigenvalue weighted by atomic mass is 32.2. The molecule has 1 aliphatic heterocycles. The molecule has 8 nitrogen and oxygen atoms in total. The zero-order valence-electron chi connectivity index (χ0n) is 16.0. The van der Waals surface area contributed by atoms with Crippen LogP contribution < -0.4 is 15.0 Å². The van der Waals surface area contributed by atoms with Crippen molar-refractivity contribution < 1.29 is 22.7 Å². The van der Waals surface area contributed by atoms with Crippen molar-refractivity contribution in [1.29, 1.82) is 0 Å². The van der Waals surface area contributed by atoms with Gasteiger partial charge in [0.1, 0.15) is 5.75 Å². The van der Waals surface area contributed by atoms with E-state index in [2.05, 4.69) is 5.32 Å². The van der Waals surface area contributed by atoms with Crippen LogP contribution in [0.15, 0.2) is 24.3 Å². The molecule has 1 heterocycles. The predicted molar refractivity (Wildman–Crippen MR) is 103 cm³/mol. The Labute approximate surface area is 160 Å². The molecule has 1 aromatic carbocycles. The molecule has 1 atom stereocenters. The SMILES string of the molecule is CCN(CCCNC(=O)[C@@H]1CC(=O)N(c2cccc(OC)c2)C1)S(C)(=O)=O. The van der Waals surface area contributed by atoms with Gasteiger partial charge >= 0.3 is 0 Å². The van der Waals surface area contributed by atoms with Crippen molar-refractivity contribution >= 4 is 27.5 Å². The van der Waals surface area contributed by atoms with Gasteiger partial charge in [0.05, 0.1) is 19.3 Å². The number of hydrogen-bond acceptors (Lipinski definition) is 5. The van der Waals surface area contributed by atoms with Gasteiger partial charge in [-0.2, -0.15) is 0 Å². The van der Waals surface area contributed by atoms with E-state index in [1.165, 1.54) is 10.6 Å². The first kappa shape index (κ1) is 21.2. The molecule has 1 aliphatic rings. The van der Waals surface area contributed by atoms with Crippen LogP contribution in [0.1, 0.15) is 19.8 Å². The summed E-state index contributed by atoms with van der Waals surface area (Å²) in [6, 6.07) is 7.17. The second-order valence-corrected chi connectivity index (χ2v) is 8.49. The van der Waals surface area contributed by atoms with Crippen LogP contribution in [0.4, 0.5) is 5.69 Å². The van der Waals surface area contributed by atoms with Crippen molar-refractivity contribution in [2.75, 3.05) is 44.4 Å². The molecule has 0 spiro atoms. The molecule has 1 saturated heterocycles. The molecule has 1 aromatic rings. The topological polar surface area (TPSA) is 96.0 Å². The molecule has 1 N–H and O–H groups in total. The van der Waals surface area contributed by atoms with Crippen LogP contribution in [0, 0.1) is 5.92 Å². The van der Waals surface area contributed by atoms with Gasteiger partial charge in [0.15, 0.2) is 0 Å². The summed E-state index contributed by atoms with van der Waals surface area (Å²) in [6.45, 7) is 3.22. The van der Waals surface area contributed by atoms with Crippen molar-refractivity contribution in [2.24, 2.45) is 5.92 Å². The molecule has 0 saturated carbocycles. The smallest absolute Gasteiger partial charge is 0.227 e. The lowest BCUT2D eigenvalue weighted by Crippen LogP contribution is -2.36. The second kappa shape index (κ2) is 9.18. The zero-order chi connectivity index (χ0) is 20.0. The number of rotatable bonds is 9. The first-order chi connectivity index (χ1) is 12.8. The van der Waals surface area contributed by atoms with Crippen LogP contribution >= 0.6 is 0 Å². The van der Waals surface area contributed by atoms with Crippen molar-refractivity contribution in [3.8, 4) is 5.75 Å². The molecular formula is C18H27N3O5S. The fourth-order valence-electron chi connectivity index (χ4n) is 3.08. The van der Waals surface area contributed by atoms with Gasteiger partial charge in [0.25, 0.3) is 0 Å². The lowest BCUT2D eigenvalue weighted by Gasteiger charge is -2.18. The van der Waals surface area contributed by atoms with Crippen LogP contribution in [0.25, 0.3) is 0 Å². The minimum absolute atomic E-state index is 0.0994. The monoisotopic (exact) mass is 397 g/mol. The van der Waals surface area contributed by atoms with E-state index in [4.69, 9.17) is 4.74 Å². The molecule has 1 fully saturated rings. The number of benzene rings is 1. The molecule has 0 aromatic heterocycles. The van der Waals surface area contributed by atoms with Crippen LogP contribution in [-0.2, 0) is 19.6 Å². The molecule has 0 aliphatic carbocycles. The number of nitrogens with one attached hydrogen (secondary N) is 1. The Hall–Kier alpha value is -2.13. The Kier molecular flexibility index (Phi) is 7.20. The van der Waals surface area contributed by atoms with Gasteiger partial charge < -0.3 is 15.0 Å². The van der Waals surface area contributed by atoms with E-state index >= 15 is 0 Å². The first-order valence-electron chi connectivity index (χ1n) is 8.93. The molecule has 2 rings (SSSR count). The fraction of sp³-hybridized carbons (Fsp3) is 0.556. The van der Waals surface area contributed by atoms with Gasteiger partial charge in [-0.15, -0.1) is 0 Å². The largest absolute Gasteiger partial charge is 0.497 e. The van der Waals surface area contributed by atoms with E-state index in [0.29, 0.717) is 44.0 Å². The summed E-state index contributed by atoms with van der Waals surface area (Å²) in [5.74, 6) is -0.0470. The molecular weight excluding hydrogens is 370 g/mol. The Morgan fingerprint density at radius 2 is 2.15 bits per heavy atom. The summed E-state index contributed by atoms with van der Waals surface area (Å²) in [7, 11) is -1.66. The molecule has 0 radical (unpaired) electrons. The minimum atomic E-state index is -3.22. The highest BCUT2D eigenvalue weighted by molar-refractivity contribution is 7.88. The fourth-order valence-corrected chi connectivity index (χ4v) is 4.01. The maximum absolute atomic E-state index is 12.4. The number of hydrogen-bond donors (Lipinski definition) is 1. The van der Waals surface area contributed by atoms with Crippen molar-refractivity contribution in [3.63, 3.8) is 0 Å².